The van der Waals surface area contributed by atoms with Crippen LogP contribution in [0.15, 0.2) is 53.7 Å². The van der Waals surface area contributed by atoms with Gasteiger partial charge in [0, 0.05) is 23.2 Å². The molecule has 1 N–H and O–H groups in total. The zero-order valence-electron chi connectivity index (χ0n) is 21.9. The van der Waals surface area contributed by atoms with Crippen LogP contribution in [0.2, 0.25) is 5.02 Å². The maximum Gasteiger partial charge on any atom is 0.416 e. The monoisotopic (exact) mass is 577 g/mol. The lowest BCUT2D eigenvalue weighted by atomic mass is 9.88. The molecule has 0 spiro atoms. The van der Waals surface area contributed by atoms with Crippen LogP contribution in [0.1, 0.15) is 38.7 Å². The van der Waals surface area contributed by atoms with Gasteiger partial charge in [0.05, 0.1) is 24.3 Å². The lowest BCUT2D eigenvalue weighted by molar-refractivity contribution is -0.207. The van der Waals surface area contributed by atoms with E-state index in [-0.39, 0.29) is 35.8 Å². The maximum absolute atomic E-state index is 13.1. The van der Waals surface area contributed by atoms with Gasteiger partial charge in [-0.15, -0.1) is 10.2 Å². The SMILES string of the molecule is CC(C)(C)CC(=O)Cc1ncccc1-n1cnc(Cn2nc(-c3ccc(Cl)cc3)n(C[C@H](O)C(F)(F)F)c2=O)n1. The van der Waals surface area contributed by atoms with E-state index in [9.17, 15) is 27.9 Å². The second-order valence-electron chi connectivity index (χ2n) is 10.5. The average molecular weight is 578 g/mol. The summed E-state index contributed by atoms with van der Waals surface area (Å²) in [6.45, 7) is 4.60. The van der Waals surface area contributed by atoms with Crippen LogP contribution in [0.5, 0.6) is 0 Å². The Balaban J connectivity index is 1.64. The number of rotatable bonds is 9. The van der Waals surface area contributed by atoms with Crippen molar-refractivity contribution in [3.05, 3.63) is 75.9 Å². The van der Waals surface area contributed by atoms with Crippen molar-refractivity contribution in [2.75, 3.05) is 0 Å². The molecule has 0 aliphatic heterocycles. The number of Topliss-reactive ketones (excluding diaryl/α,β-unsaturated/α-hetero) is 1. The summed E-state index contributed by atoms with van der Waals surface area (Å²) in [6.07, 6.45) is -4.29. The maximum atomic E-state index is 13.1. The van der Waals surface area contributed by atoms with Crippen LogP contribution in [0.3, 0.4) is 0 Å². The molecule has 0 amide bonds. The van der Waals surface area contributed by atoms with Crippen molar-refractivity contribution < 1.29 is 23.1 Å². The normalized spacial score (nSPS) is 13.0. The van der Waals surface area contributed by atoms with Crippen LogP contribution >= 0.6 is 11.6 Å². The Kier molecular flexibility index (Phi) is 8.26. The molecular weight excluding hydrogens is 551 g/mol. The van der Waals surface area contributed by atoms with Gasteiger partial charge < -0.3 is 5.11 Å². The van der Waals surface area contributed by atoms with E-state index < -0.39 is 24.5 Å². The van der Waals surface area contributed by atoms with Crippen LogP contribution in [0.25, 0.3) is 17.1 Å². The van der Waals surface area contributed by atoms with Crippen molar-refractivity contribution in [2.45, 2.75) is 59.0 Å². The van der Waals surface area contributed by atoms with Gasteiger partial charge in [-0.1, -0.05) is 32.4 Å². The largest absolute Gasteiger partial charge is 0.416 e. The van der Waals surface area contributed by atoms with E-state index in [0.29, 0.717) is 28.4 Å². The van der Waals surface area contributed by atoms with E-state index >= 15 is 0 Å². The fraction of sp³-hybridized carbons (Fsp3) is 0.385. The molecule has 0 radical (unpaired) electrons. The van der Waals surface area contributed by atoms with Crippen molar-refractivity contribution >= 4 is 17.4 Å². The van der Waals surface area contributed by atoms with Gasteiger partial charge in [0.1, 0.15) is 18.7 Å². The molecule has 4 aromatic rings. The summed E-state index contributed by atoms with van der Waals surface area (Å²) in [5.41, 5.74) is 0.286. The average Bonchev–Trinajstić information content (AvgIpc) is 3.43. The molecule has 1 atom stereocenters. The molecule has 40 heavy (non-hydrogen) atoms. The Morgan fingerprint density at radius 2 is 1.77 bits per heavy atom. The molecule has 1 aromatic carbocycles. The molecule has 0 bridgehead atoms. The predicted molar refractivity (Wildman–Crippen MR) is 140 cm³/mol. The summed E-state index contributed by atoms with van der Waals surface area (Å²) in [6, 6.07) is 9.43. The van der Waals surface area contributed by atoms with Gasteiger partial charge in [0.2, 0.25) is 0 Å². The van der Waals surface area contributed by atoms with Crippen LogP contribution in [0.4, 0.5) is 13.2 Å². The highest BCUT2D eigenvalue weighted by molar-refractivity contribution is 6.30. The number of carbonyl (C=O) groups excluding carboxylic acids is 1. The first-order valence-corrected chi connectivity index (χ1v) is 12.6. The number of benzene rings is 1. The summed E-state index contributed by atoms with van der Waals surface area (Å²) in [7, 11) is 0. The molecule has 4 rings (SSSR count). The molecular formula is C26H27ClF3N7O3. The number of alkyl halides is 3. The van der Waals surface area contributed by atoms with Crippen molar-refractivity contribution in [1.82, 2.24) is 34.1 Å². The van der Waals surface area contributed by atoms with E-state index in [4.69, 9.17) is 11.6 Å². The summed E-state index contributed by atoms with van der Waals surface area (Å²) >= 11 is 5.92. The van der Waals surface area contributed by atoms with Crippen LogP contribution in [0, 0.1) is 5.41 Å². The molecule has 0 aliphatic carbocycles. The van der Waals surface area contributed by atoms with Gasteiger partial charge in [-0.3, -0.25) is 14.3 Å². The van der Waals surface area contributed by atoms with Crippen LogP contribution < -0.4 is 5.69 Å². The molecule has 0 unspecified atom stereocenters. The third-order valence-corrected chi connectivity index (χ3v) is 6.05. The van der Waals surface area contributed by atoms with E-state index in [0.717, 1.165) is 9.25 Å². The highest BCUT2D eigenvalue weighted by atomic mass is 35.5. The number of ketones is 1. The molecule has 3 aromatic heterocycles. The Labute approximate surface area is 232 Å². The van der Waals surface area contributed by atoms with E-state index in [1.807, 2.05) is 20.8 Å². The molecule has 0 aliphatic rings. The first-order chi connectivity index (χ1) is 18.7. The molecule has 0 saturated carbocycles. The van der Waals surface area contributed by atoms with Gasteiger partial charge in [0.25, 0.3) is 0 Å². The summed E-state index contributed by atoms with van der Waals surface area (Å²) in [5.74, 6) is 0.0681. The molecule has 0 saturated heterocycles. The Bertz CT molecular complexity index is 1550. The number of nitrogens with zero attached hydrogens (tertiary/aromatic N) is 7. The first-order valence-electron chi connectivity index (χ1n) is 12.3. The third kappa shape index (κ3) is 7.02. The Morgan fingerprint density at radius 3 is 2.42 bits per heavy atom. The smallest absolute Gasteiger partial charge is 0.382 e. The molecule has 3 heterocycles. The fourth-order valence-corrected chi connectivity index (χ4v) is 4.16. The summed E-state index contributed by atoms with van der Waals surface area (Å²) < 4.78 is 42.4. The number of hydrogen-bond acceptors (Lipinski definition) is 7. The van der Waals surface area contributed by atoms with Gasteiger partial charge in [-0.25, -0.2) is 19.1 Å². The van der Waals surface area contributed by atoms with Crippen molar-refractivity contribution in [3.63, 3.8) is 0 Å². The summed E-state index contributed by atoms with van der Waals surface area (Å²) in [4.78, 5) is 34.2. The lowest BCUT2D eigenvalue weighted by Gasteiger charge is -2.17. The summed E-state index contributed by atoms with van der Waals surface area (Å²) in [5, 5.41) is 18.6. The minimum Gasteiger partial charge on any atom is -0.382 e. The fourth-order valence-electron chi connectivity index (χ4n) is 4.03. The first kappa shape index (κ1) is 29.2. The quantitative estimate of drug-likeness (QED) is 0.321. The van der Waals surface area contributed by atoms with Crippen molar-refractivity contribution in [3.8, 4) is 17.1 Å². The lowest BCUT2D eigenvalue weighted by Crippen LogP contribution is -2.37. The van der Waals surface area contributed by atoms with E-state index in [1.54, 1.807) is 18.3 Å². The topological polar surface area (TPSA) is 121 Å². The van der Waals surface area contributed by atoms with Crippen molar-refractivity contribution in [1.29, 1.82) is 0 Å². The number of aliphatic hydroxyl groups is 1. The second kappa shape index (κ2) is 11.3. The molecule has 212 valence electrons. The van der Waals surface area contributed by atoms with E-state index in [1.165, 1.54) is 35.3 Å². The zero-order valence-corrected chi connectivity index (χ0v) is 22.7. The highest BCUT2D eigenvalue weighted by Gasteiger charge is 2.39. The number of carbonyl (C=O) groups is 1. The standard InChI is InChI=1S/C26H27ClF3N7O3/c1-25(2,3)12-18(38)11-19-20(5-4-10-31-19)37-15-32-22(33-37)14-36-24(40)35(13-21(39)26(28,29)30)23(34-36)16-6-8-17(27)9-7-16/h4-10,15,21,39H,11-14H2,1-3H3/t21-/m0/s1. The van der Waals surface area contributed by atoms with Gasteiger partial charge in [0.15, 0.2) is 17.8 Å². The number of pyridine rings is 1. The predicted octanol–water partition coefficient (Wildman–Crippen LogP) is 3.86. The number of halogens is 4. The van der Waals surface area contributed by atoms with Crippen LogP contribution in [-0.2, 0) is 24.3 Å². The Hall–Kier alpha value is -3.84. The second-order valence-corrected chi connectivity index (χ2v) is 10.9. The Morgan fingerprint density at radius 1 is 1.07 bits per heavy atom. The van der Waals surface area contributed by atoms with Gasteiger partial charge in [-0.05, 0) is 41.8 Å². The molecule has 0 fully saturated rings. The van der Waals surface area contributed by atoms with Gasteiger partial charge >= 0.3 is 11.9 Å². The number of aromatic nitrogens is 7. The number of aliphatic hydroxyl groups excluding tert-OH is 1. The third-order valence-electron chi connectivity index (χ3n) is 5.79. The van der Waals surface area contributed by atoms with Gasteiger partial charge in [-0.2, -0.15) is 13.2 Å². The number of hydrogen-bond donors (Lipinski definition) is 1. The molecule has 14 heteroatoms. The molecule has 10 nitrogen and oxygen atoms in total. The zero-order chi connectivity index (χ0) is 29.2. The van der Waals surface area contributed by atoms with E-state index in [2.05, 4.69) is 20.2 Å². The minimum absolute atomic E-state index is 0.0145. The highest BCUT2D eigenvalue weighted by Crippen LogP contribution is 2.24. The minimum atomic E-state index is -4.94. The van der Waals surface area contributed by atoms with Crippen LogP contribution in [-0.4, -0.2) is 57.3 Å². The van der Waals surface area contributed by atoms with Crippen molar-refractivity contribution in [2.24, 2.45) is 5.41 Å².